The number of benzene rings is 1. The number of hydrogen-bond acceptors (Lipinski definition) is 5. The van der Waals surface area contributed by atoms with E-state index in [0.29, 0.717) is 13.1 Å². The summed E-state index contributed by atoms with van der Waals surface area (Å²) < 4.78 is -0.0578. The van der Waals surface area contributed by atoms with Crippen LogP contribution in [0.4, 0.5) is 11.4 Å². The van der Waals surface area contributed by atoms with Crippen LogP contribution in [-0.4, -0.2) is 39.6 Å². The van der Waals surface area contributed by atoms with Crippen molar-refractivity contribution in [3.05, 3.63) is 33.9 Å². The molecular weight excluding hydrogens is 280 g/mol. The van der Waals surface area contributed by atoms with Crippen LogP contribution >= 0.6 is 11.8 Å². The monoisotopic (exact) mass is 296 g/mol. The Labute approximate surface area is 120 Å². The van der Waals surface area contributed by atoms with E-state index >= 15 is 0 Å². The molecule has 1 aromatic rings. The lowest BCUT2D eigenvalue weighted by molar-refractivity contribution is -0.384. The first-order valence-corrected chi connectivity index (χ1v) is 7.20. The zero-order valence-electron chi connectivity index (χ0n) is 11.3. The van der Waals surface area contributed by atoms with Crippen molar-refractivity contribution < 1.29 is 14.8 Å². The van der Waals surface area contributed by atoms with E-state index in [1.807, 2.05) is 4.90 Å². The molecule has 20 heavy (non-hydrogen) atoms. The smallest absolute Gasteiger partial charge is 0.338 e. The number of thioether (sulfide) groups is 1. The van der Waals surface area contributed by atoms with Crippen LogP contribution in [0.15, 0.2) is 18.2 Å². The first kappa shape index (κ1) is 14.6. The molecule has 0 radical (unpaired) electrons. The average molecular weight is 296 g/mol. The average Bonchev–Trinajstić information content (AvgIpc) is 2.36. The summed E-state index contributed by atoms with van der Waals surface area (Å²) >= 11 is 1.79. The van der Waals surface area contributed by atoms with Gasteiger partial charge in [0, 0.05) is 29.7 Å². The second kappa shape index (κ2) is 5.32. The zero-order chi connectivity index (χ0) is 14.9. The third-order valence-corrected chi connectivity index (χ3v) is 4.48. The highest BCUT2D eigenvalue weighted by Crippen LogP contribution is 2.38. The highest BCUT2D eigenvalue weighted by atomic mass is 32.2. The van der Waals surface area contributed by atoms with Gasteiger partial charge in [-0.3, -0.25) is 10.1 Å². The molecule has 0 unspecified atom stereocenters. The molecule has 0 atom stereocenters. The van der Waals surface area contributed by atoms with Crippen LogP contribution in [0.3, 0.4) is 0 Å². The van der Waals surface area contributed by atoms with Crippen LogP contribution in [-0.2, 0) is 0 Å². The second-order valence-corrected chi connectivity index (χ2v) is 7.07. The quantitative estimate of drug-likeness (QED) is 0.682. The number of hydrogen-bond donors (Lipinski definition) is 1. The molecule has 1 heterocycles. The summed E-state index contributed by atoms with van der Waals surface area (Å²) in [4.78, 5) is 23.8. The van der Waals surface area contributed by atoms with Gasteiger partial charge < -0.3 is 10.0 Å². The molecule has 1 aliphatic rings. The lowest BCUT2D eigenvalue weighted by atomic mass is 10.1. The van der Waals surface area contributed by atoms with Crippen LogP contribution in [0.5, 0.6) is 0 Å². The van der Waals surface area contributed by atoms with Crippen molar-refractivity contribution in [2.24, 2.45) is 0 Å². The zero-order valence-corrected chi connectivity index (χ0v) is 12.1. The van der Waals surface area contributed by atoms with Crippen molar-refractivity contribution in [3.8, 4) is 0 Å². The number of nitrogens with zero attached hydrogens (tertiary/aromatic N) is 2. The molecule has 0 spiro atoms. The van der Waals surface area contributed by atoms with Crippen LogP contribution < -0.4 is 4.90 Å². The standard InChI is InChI=1S/C13H16N2O4S/c1-13(2)8-14(6-7-20-13)11-9(12(16)17)4-3-5-10(11)15(18)19/h3-5H,6-8H2,1-2H3,(H,16,17). The number of aromatic carboxylic acids is 1. The van der Waals surface area contributed by atoms with E-state index in [4.69, 9.17) is 0 Å². The largest absolute Gasteiger partial charge is 0.478 e. The van der Waals surface area contributed by atoms with Gasteiger partial charge in [0.1, 0.15) is 5.69 Å². The summed E-state index contributed by atoms with van der Waals surface area (Å²) in [6, 6.07) is 4.19. The summed E-state index contributed by atoms with van der Waals surface area (Å²) in [5.74, 6) is -0.322. The number of rotatable bonds is 3. The predicted molar refractivity (Wildman–Crippen MR) is 78.8 cm³/mol. The highest BCUT2D eigenvalue weighted by molar-refractivity contribution is 8.00. The molecule has 108 valence electrons. The Hall–Kier alpha value is -1.76. The number of nitro groups is 1. The lowest BCUT2D eigenvalue weighted by Gasteiger charge is -2.39. The topological polar surface area (TPSA) is 83.7 Å². The summed E-state index contributed by atoms with van der Waals surface area (Å²) in [6.07, 6.45) is 0. The minimum Gasteiger partial charge on any atom is -0.478 e. The fourth-order valence-corrected chi connectivity index (χ4v) is 3.50. The van der Waals surface area contributed by atoms with Crippen LogP contribution in [0.25, 0.3) is 0 Å². The molecular formula is C13H16N2O4S. The van der Waals surface area contributed by atoms with E-state index in [1.54, 1.807) is 11.8 Å². The summed E-state index contributed by atoms with van der Waals surface area (Å²) in [7, 11) is 0. The van der Waals surface area contributed by atoms with Crippen molar-refractivity contribution in [3.63, 3.8) is 0 Å². The molecule has 0 aliphatic carbocycles. The molecule has 2 rings (SSSR count). The number of carbonyl (C=O) groups is 1. The van der Waals surface area contributed by atoms with E-state index in [2.05, 4.69) is 13.8 Å². The van der Waals surface area contributed by atoms with E-state index in [0.717, 1.165) is 5.75 Å². The Morgan fingerprint density at radius 2 is 2.20 bits per heavy atom. The number of anilines is 1. The van der Waals surface area contributed by atoms with Gasteiger partial charge >= 0.3 is 5.97 Å². The molecule has 6 nitrogen and oxygen atoms in total. The first-order chi connectivity index (χ1) is 9.32. The minimum absolute atomic E-state index is 0.0121. The van der Waals surface area contributed by atoms with E-state index in [-0.39, 0.29) is 21.7 Å². The molecule has 0 bridgehead atoms. The molecule has 1 fully saturated rings. The third-order valence-electron chi connectivity index (χ3n) is 3.18. The lowest BCUT2D eigenvalue weighted by Crippen LogP contribution is -2.44. The second-order valence-electron chi connectivity index (χ2n) is 5.27. The molecule has 0 aromatic heterocycles. The third kappa shape index (κ3) is 2.87. The van der Waals surface area contributed by atoms with Gasteiger partial charge in [-0.15, -0.1) is 0 Å². The van der Waals surface area contributed by atoms with Gasteiger partial charge in [-0.2, -0.15) is 11.8 Å². The Morgan fingerprint density at radius 1 is 1.50 bits per heavy atom. The molecule has 1 aromatic carbocycles. The van der Waals surface area contributed by atoms with Gasteiger partial charge in [-0.05, 0) is 19.9 Å². The SMILES string of the molecule is CC1(C)CN(c2c(C(=O)O)cccc2[N+](=O)[O-])CCS1. The Bertz CT molecular complexity index is 527. The van der Waals surface area contributed by atoms with E-state index < -0.39 is 10.9 Å². The maximum atomic E-state index is 11.3. The number of carboxylic acid groups (broad SMARTS) is 1. The molecule has 1 N–H and O–H groups in total. The maximum Gasteiger partial charge on any atom is 0.338 e. The van der Waals surface area contributed by atoms with E-state index in [9.17, 15) is 20.0 Å². The molecule has 1 saturated heterocycles. The summed E-state index contributed by atoms with van der Waals surface area (Å²) in [5, 5.41) is 20.5. The fourth-order valence-electron chi connectivity index (χ4n) is 2.39. The molecule has 0 saturated carbocycles. The van der Waals surface area contributed by atoms with Gasteiger partial charge in [-0.1, -0.05) is 6.07 Å². The summed E-state index contributed by atoms with van der Waals surface area (Å²) in [6.45, 7) is 5.31. The van der Waals surface area contributed by atoms with Gasteiger partial charge in [0.15, 0.2) is 0 Å². The molecule has 0 amide bonds. The summed E-state index contributed by atoms with van der Waals surface area (Å²) in [5.41, 5.74) is 0.0628. The Balaban J connectivity index is 2.53. The number of carboxylic acids is 1. The van der Waals surface area contributed by atoms with Crippen molar-refractivity contribution in [2.45, 2.75) is 18.6 Å². The van der Waals surface area contributed by atoms with Gasteiger partial charge in [0.05, 0.1) is 10.5 Å². The van der Waals surface area contributed by atoms with Crippen molar-refractivity contribution in [1.29, 1.82) is 0 Å². The Morgan fingerprint density at radius 3 is 2.75 bits per heavy atom. The van der Waals surface area contributed by atoms with Gasteiger partial charge in [0.2, 0.25) is 0 Å². The normalized spacial score (nSPS) is 17.8. The van der Waals surface area contributed by atoms with Crippen LogP contribution in [0.2, 0.25) is 0 Å². The van der Waals surface area contributed by atoms with Crippen molar-refractivity contribution >= 4 is 29.1 Å². The van der Waals surface area contributed by atoms with Crippen LogP contribution in [0.1, 0.15) is 24.2 Å². The molecule has 7 heteroatoms. The molecule has 1 aliphatic heterocycles. The predicted octanol–water partition coefficient (Wildman–Crippen LogP) is 2.62. The van der Waals surface area contributed by atoms with Crippen LogP contribution in [0, 0.1) is 10.1 Å². The van der Waals surface area contributed by atoms with Gasteiger partial charge in [0.25, 0.3) is 5.69 Å². The van der Waals surface area contributed by atoms with Crippen molar-refractivity contribution in [2.75, 3.05) is 23.7 Å². The first-order valence-electron chi connectivity index (χ1n) is 6.21. The minimum atomic E-state index is -1.14. The Kier molecular flexibility index (Phi) is 3.89. The fraction of sp³-hybridized carbons (Fsp3) is 0.462. The van der Waals surface area contributed by atoms with Crippen molar-refractivity contribution in [1.82, 2.24) is 0 Å². The highest BCUT2D eigenvalue weighted by Gasteiger charge is 2.33. The van der Waals surface area contributed by atoms with E-state index in [1.165, 1.54) is 18.2 Å². The maximum absolute atomic E-state index is 11.3. The number of para-hydroxylation sites is 1. The number of nitro benzene ring substituents is 1. The van der Waals surface area contributed by atoms with Gasteiger partial charge in [-0.25, -0.2) is 4.79 Å².